The van der Waals surface area contributed by atoms with Crippen LogP contribution < -0.4 is 11.1 Å². The number of benzene rings is 2. The van der Waals surface area contributed by atoms with E-state index in [1.807, 2.05) is 18.2 Å². The molecule has 1 aromatic heterocycles. The Kier molecular flexibility index (Phi) is 5.70. The Morgan fingerprint density at radius 3 is 2.83 bits per heavy atom. The fourth-order valence-electron chi connectivity index (χ4n) is 3.93. The van der Waals surface area contributed by atoms with Gasteiger partial charge in [0.15, 0.2) is 11.7 Å². The monoisotopic (exact) mass is 408 g/mol. The number of fused-ring (bicyclic) bond motifs is 2. The first-order valence-electron chi connectivity index (χ1n) is 10.2. The van der Waals surface area contributed by atoms with Crippen LogP contribution in [0.5, 0.6) is 0 Å². The summed E-state index contributed by atoms with van der Waals surface area (Å²) in [6, 6.07) is 15.0. The molecule has 1 amide bonds. The number of hydrogen-bond acceptors (Lipinski definition) is 5. The SMILES string of the molecule is C[C@H](OC(=O)CCn1c(=O)oc2ccccc21)C(=O)N[C@H]1CCCc2ccccc21. The van der Waals surface area contributed by atoms with Crippen molar-refractivity contribution in [2.75, 3.05) is 0 Å². The molecule has 1 aliphatic rings. The molecule has 0 radical (unpaired) electrons. The predicted octanol–water partition coefficient (Wildman–Crippen LogP) is 3.11. The van der Waals surface area contributed by atoms with Crippen LogP contribution in [-0.2, 0) is 27.3 Å². The number of rotatable bonds is 6. The first-order valence-corrected chi connectivity index (χ1v) is 10.2. The number of amides is 1. The molecule has 0 fully saturated rings. The smallest absolute Gasteiger partial charge is 0.419 e. The first-order chi connectivity index (χ1) is 14.5. The normalized spacial score (nSPS) is 16.6. The number of carbonyl (C=O) groups excluding carboxylic acids is 2. The predicted molar refractivity (Wildman–Crippen MR) is 111 cm³/mol. The van der Waals surface area contributed by atoms with Crippen LogP contribution in [0.2, 0.25) is 0 Å². The summed E-state index contributed by atoms with van der Waals surface area (Å²) in [5.74, 6) is -1.39. The average Bonchev–Trinajstić information content (AvgIpc) is 3.07. The van der Waals surface area contributed by atoms with Gasteiger partial charge >= 0.3 is 11.7 Å². The molecular weight excluding hydrogens is 384 g/mol. The Morgan fingerprint density at radius 2 is 1.97 bits per heavy atom. The minimum Gasteiger partial charge on any atom is -0.452 e. The summed E-state index contributed by atoms with van der Waals surface area (Å²) < 4.78 is 11.8. The minimum absolute atomic E-state index is 0.0344. The maximum absolute atomic E-state index is 12.6. The van der Waals surface area contributed by atoms with Gasteiger partial charge in [-0.1, -0.05) is 36.4 Å². The molecule has 0 aliphatic heterocycles. The van der Waals surface area contributed by atoms with Gasteiger partial charge in [0.25, 0.3) is 5.91 Å². The number of oxazole rings is 1. The van der Waals surface area contributed by atoms with E-state index in [1.54, 1.807) is 31.2 Å². The van der Waals surface area contributed by atoms with Gasteiger partial charge < -0.3 is 14.5 Å². The van der Waals surface area contributed by atoms with Crippen molar-refractivity contribution in [3.8, 4) is 0 Å². The Morgan fingerprint density at radius 1 is 1.20 bits per heavy atom. The van der Waals surface area contributed by atoms with Gasteiger partial charge in [0, 0.05) is 6.54 Å². The van der Waals surface area contributed by atoms with Crippen LogP contribution in [0.1, 0.15) is 43.4 Å². The summed E-state index contributed by atoms with van der Waals surface area (Å²) >= 11 is 0. The molecule has 0 unspecified atom stereocenters. The zero-order chi connectivity index (χ0) is 21.1. The summed E-state index contributed by atoms with van der Waals surface area (Å²) in [5.41, 5.74) is 3.46. The lowest BCUT2D eigenvalue weighted by Gasteiger charge is -2.27. The molecule has 7 heteroatoms. The zero-order valence-electron chi connectivity index (χ0n) is 16.8. The Balaban J connectivity index is 1.33. The van der Waals surface area contributed by atoms with E-state index in [2.05, 4.69) is 11.4 Å². The van der Waals surface area contributed by atoms with E-state index >= 15 is 0 Å². The van der Waals surface area contributed by atoms with Crippen molar-refractivity contribution in [2.24, 2.45) is 0 Å². The standard InChI is InChI=1S/C23H24N2O5/c1-15(22(27)24-18-10-6-8-16-7-2-3-9-17(16)18)29-21(26)13-14-25-19-11-4-5-12-20(19)30-23(25)28/h2-5,7,9,11-12,15,18H,6,8,10,13-14H2,1H3,(H,24,27)/t15-,18-/m0/s1. The highest BCUT2D eigenvalue weighted by Crippen LogP contribution is 2.29. The number of esters is 1. The van der Waals surface area contributed by atoms with Crippen molar-refractivity contribution >= 4 is 23.0 Å². The lowest BCUT2D eigenvalue weighted by Crippen LogP contribution is -2.39. The molecule has 4 rings (SSSR count). The van der Waals surface area contributed by atoms with Gasteiger partial charge in [-0.15, -0.1) is 0 Å². The molecule has 0 saturated heterocycles. The molecule has 3 aromatic rings. The summed E-state index contributed by atoms with van der Waals surface area (Å²) in [7, 11) is 0. The van der Waals surface area contributed by atoms with Crippen molar-refractivity contribution in [1.29, 1.82) is 0 Å². The van der Waals surface area contributed by atoms with Crippen molar-refractivity contribution in [2.45, 2.75) is 51.3 Å². The van der Waals surface area contributed by atoms with Crippen LogP contribution in [-0.4, -0.2) is 22.5 Å². The number of nitrogens with one attached hydrogen (secondary N) is 1. The van der Waals surface area contributed by atoms with E-state index in [0.29, 0.717) is 11.1 Å². The summed E-state index contributed by atoms with van der Waals surface area (Å²) in [6.07, 6.45) is 1.93. The molecule has 1 aliphatic carbocycles. The molecule has 30 heavy (non-hydrogen) atoms. The van der Waals surface area contributed by atoms with E-state index < -0.39 is 17.8 Å². The Hall–Kier alpha value is -3.35. The summed E-state index contributed by atoms with van der Waals surface area (Å²) in [5, 5.41) is 3.00. The van der Waals surface area contributed by atoms with Gasteiger partial charge in [0.2, 0.25) is 0 Å². The highest BCUT2D eigenvalue weighted by molar-refractivity contribution is 5.83. The maximum atomic E-state index is 12.6. The molecule has 0 spiro atoms. The van der Waals surface area contributed by atoms with E-state index in [1.165, 1.54) is 10.1 Å². The number of nitrogens with zero attached hydrogens (tertiary/aromatic N) is 1. The van der Waals surface area contributed by atoms with Gasteiger partial charge in [0.05, 0.1) is 18.0 Å². The Bertz CT molecular complexity index is 1130. The number of hydrogen-bond donors (Lipinski definition) is 1. The number of aryl methyl sites for hydroxylation is 2. The van der Waals surface area contributed by atoms with Gasteiger partial charge in [-0.2, -0.15) is 0 Å². The average molecular weight is 408 g/mol. The van der Waals surface area contributed by atoms with Crippen molar-refractivity contribution < 1.29 is 18.7 Å². The van der Waals surface area contributed by atoms with Crippen LogP contribution in [0.25, 0.3) is 11.1 Å². The quantitative estimate of drug-likeness (QED) is 0.633. The molecule has 1 N–H and O–H groups in total. The number of para-hydroxylation sites is 2. The van der Waals surface area contributed by atoms with E-state index in [9.17, 15) is 14.4 Å². The molecule has 2 atom stereocenters. The van der Waals surface area contributed by atoms with Crippen LogP contribution in [0.3, 0.4) is 0 Å². The molecule has 0 bridgehead atoms. The molecule has 1 heterocycles. The largest absolute Gasteiger partial charge is 0.452 e. The van der Waals surface area contributed by atoms with Crippen LogP contribution >= 0.6 is 0 Å². The van der Waals surface area contributed by atoms with Gasteiger partial charge in [0.1, 0.15) is 0 Å². The third-order valence-corrected chi connectivity index (χ3v) is 5.48. The van der Waals surface area contributed by atoms with Gasteiger partial charge in [-0.05, 0) is 49.4 Å². The fraction of sp³-hybridized carbons (Fsp3) is 0.348. The number of aromatic nitrogens is 1. The van der Waals surface area contributed by atoms with Crippen LogP contribution in [0.15, 0.2) is 57.7 Å². The Labute approximate surface area is 173 Å². The zero-order valence-corrected chi connectivity index (χ0v) is 16.8. The number of ether oxygens (including phenoxy) is 1. The first kappa shape index (κ1) is 19.9. The van der Waals surface area contributed by atoms with Crippen molar-refractivity contribution in [3.63, 3.8) is 0 Å². The highest BCUT2D eigenvalue weighted by Gasteiger charge is 2.25. The van der Waals surface area contributed by atoms with Crippen LogP contribution in [0.4, 0.5) is 0 Å². The molecule has 2 aromatic carbocycles. The van der Waals surface area contributed by atoms with E-state index in [0.717, 1.165) is 24.8 Å². The van der Waals surface area contributed by atoms with Crippen LogP contribution in [0, 0.1) is 0 Å². The molecular formula is C23H24N2O5. The van der Waals surface area contributed by atoms with E-state index in [4.69, 9.17) is 9.15 Å². The second-order valence-corrected chi connectivity index (χ2v) is 7.52. The number of carbonyl (C=O) groups is 2. The van der Waals surface area contributed by atoms with Crippen molar-refractivity contribution in [3.05, 3.63) is 70.2 Å². The van der Waals surface area contributed by atoms with E-state index in [-0.39, 0.29) is 24.9 Å². The van der Waals surface area contributed by atoms with Gasteiger partial charge in [-0.3, -0.25) is 14.2 Å². The second-order valence-electron chi connectivity index (χ2n) is 7.52. The summed E-state index contributed by atoms with van der Waals surface area (Å²) in [4.78, 5) is 36.8. The molecule has 7 nitrogen and oxygen atoms in total. The third-order valence-electron chi connectivity index (χ3n) is 5.48. The second kappa shape index (κ2) is 8.57. The molecule has 0 saturated carbocycles. The topological polar surface area (TPSA) is 90.5 Å². The van der Waals surface area contributed by atoms with Crippen molar-refractivity contribution in [1.82, 2.24) is 9.88 Å². The lowest BCUT2D eigenvalue weighted by atomic mass is 9.87. The third kappa shape index (κ3) is 4.15. The maximum Gasteiger partial charge on any atom is 0.419 e. The minimum atomic E-state index is -0.913. The summed E-state index contributed by atoms with van der Waals surface area (Å²) in [6.45, 7) is 1.68. The van der Waals surface area contributed by atoms with Gasteiger partial charge in [-0.25, -0.2) is 4.79 Å². The fourth-order valence-corrected chi connectivity index (χ4v) is 3.93. The molecule has 156 valence electrons. The highest BCUT2D eigenvalue weighted by atomic mass is 16.5. The lowest BCUT2D eigenvalue weighted by molar-refractivity contribution is -0.155.